The van der Waals surface area contributed by atoms with Gasteiger partial charge < -0.3 is 14.8 Å². The zero-order valence-electron chi connectivity index (χ0n) is 25.9. The van der Waals surface area contributed by atoms with Crippen molar-refractivity contribution in [2.75, 3.05) is 5.32 Å². The number of hydrogen-bond acceptors (Lipinski definition) is 7. The lowest BCUT2D eigenvalue weighted by atomic mass is 9.53. The predicted molar refractivity (Wildman–Crippen MR) is 167 cm³/mol. The summed E-state index contributed by atoms with van der Waals surface area (Å²) in [5.74, 6) is 2.57. The van der Waals surface area contributed by atoms with Gasteiger partial charge in [-0.3, -0.25) is 14.4 Å². The Morgan fingerprint density at radius 2 is 1.91 bits per heavy atom. The highest BCUT2D eigenvalue weighted by Crippen LogP contribution is 2.64. The molecule has 6 rings (SSSR count). The molecule has 2 aromatic rings. The first-order valence-electron chi connectivity index (χ1n) is 16.4. The van der Waals surface area contributed by atoms with Gasteiger partial charge in [0.25, 0.3) is 0 Å². The van der Waals surface area contributed by atoms with Crippen LogP contribution >= 0.6 is 11.3 Å². The van der Waals surface area contributed by atoms with E-state index in [9.17, 15) is 14.4 Å². The number of hydrogen-bond donors (Lipinski definition) is 1. The molecular weight excluding hydrogens is 560 g/mol. The van der Waals surface area contributed by atoms with Gasteiger partial charge >= 0.3 is 11.9 Å². The minimum absolute atomic E-state index is 0.00686. The van der Waals surface area contributed by atoms with Crippen LogP contribution in [0.25, 0.3) is 0 Å². The van der Waals surface area contributed by atoms with Gasteiger partial charge in [-0.1, -0.05) is 38.7 Å². The highest BCUT2D eigenvalue weighted by molar-refractivity contribution is 7.15. The first kappa shape index (κ1) is 30.3. The van der Waals surface area contributed by atoms with Crippen molar-refractivity contribution in [1.82, 2.24) is 4.98 Å². The van der Waals surface area contributed by atoms with Gasteiger partial charge in [-0.15, -0.1) is 11.3 Å². The normalized spacial score (nSPS) is 29.8. The second kappa shape index (κ2) is 12.7. The Balaban J connectivity index is 1.19. The monoisotopic (exact) mass is 606 g/mol. The summed E-state index contributed by atoms with van der Waals surface area (Å²) < 4.78 is 11.8. The molecule has 1 amide bonds. The van der Waals surface area contributed by atoms with Crippen molar-refractivity contribution in [3.63, 3.8) is 0 Å². The van der Waals surface area contributed by atoms with E-state index in [1.165, 1.54) is 55.1 Å². The fourth-order valence-electron chi connectivity index (χ4n) is 9.25. The number of anilines is 1. The number of amides is 1. The Bertz CT molecular complexity index is 1350. The maximum atomic E-state index is 13.2. The number of rotatable bonds is 9. The van der Waals surface area contributed by atoms with E-state index in [-0.39, 0.29) is 29.4 Å². The number of carbonyl (C=O) groups is 3. The average Bonchev–Trinajstić information content (AvgIpc) is 3.70. The van der Waals surface area contributed by atoms with Crippen LogP contribution in [-0.4, -0.2) is 28.9 Å². The summed E-state index contributed by atoms with van der Waals surface area (Å²) >= 11 is 1.50. The number of benzene rings is 1. The molecule has 1 heterocycles. The third-order valence-corrected chi connectivity index (χ3v) is 12.0. The fraction of sp³-hybridized carbons (Fsp3) is 0.657. The quantitative estimate of drug-likeness (QED) is 0.232. The molecule has 0 bridgehead atoms. The predicted octanol–water partition coefficient (Wildman–Crippen LogP) is 7.76. The Labute approximate surface area is 259 Å². The summed E-state index contributed by atoms with van der Waals surface area (Å²) in [6, 6.07) is 6.15. The van der Waals surface area contributed by atoms with E-state index in [1.807, 2.05) is 19.1 Å². The van der Waals surface area contributed by atoms with Crippen LogP contribution in [-0.2, 0) is 25.5 Å². The van der Waals surface area contributed by atoms with Crippen LogP contribution in [0.5, 0.6) is 5.75 Å². The lowest BCUT2D eigenvalue weighted by Crippen LogP contribution is -2.46. The van der Waals surface area contributed by atoms with Gasteiger partial charge in [0.2, 0.25) is 5.91 Å². The summed E-state index contributed by atoms with van der Waals surface area (Å²) in [5, 5.41) is 3.65. The molecule has 6 atom stereocenters. The zero-order chi connectivity index (χ0) is 30.1. The van der Waals surface area contributed by atoms with E-state index in [0.29, 0.717) is 53.3 Å². The first-order chi connectivity index (χ1) is 20.7. The number of nitrogens with one attached hydrogen (secondary N) is 1. The maximum Gasteiger partial charge on any atom is 0.308 e. The summed E-state index contributed by atoms with van der Waals surface area (Å²) in [6.07, 6.45) is 14.3. The molecule has 7 nitrogen and oxygen atoms in total. The molecule has 8 heteroatoms. The highest BCUT2D eigenvalue weighted by atomic mass is 32.1. The Kier molecular flexibility index (Phi) is 8.95. The number of esters is 2. The SMILES string of the molecule is CC(=O)Oc1ccc2c(c1)CCC1C2CCC2(C)C(OC(=O)CCC3CCCC3)CC(CCC(=O)Nc3ncc(C)s3)C12. The number of ether oxygens (including phenoxy) is 2. The van der Waals surface area contributed by atoms with Gasteiger partial charge in [-0.2, -0.15) is 0 Å². The van der Waals surface area contributed by atoms with Crippen molar-refractivity contribution < 1.29 is 23.9 Å². The van der Waals surface area contributed by atoms with Crippen LogP contribution in [0.4, 0.5) is 5.13 Å². The molecular formula is C35H46N2O5S. The molecule has 4 aliphatic rings. The van der Waals surface area contributed by atoms with Crippen LogP contribution in [0.3, 0.4) is 0 Å². The summed E-state index contributed by atoms with van der Waals surface area (Å²) in [4.78, 5) is 43.1. The van der Waals surface area contributed by atoms with Gasteiger partial charge in [0, 0.05) is 36.3 Å². The van der Waals surface area contributed by atoms with Crippen molar-refractivity contribution in [1.29, 1.82) is 0 Å². The van der Waals surface area contributed by atoms with E-state index < -0.39 is 0 Å². The second-order valence-electron chi connectivity index (χ2n) is 13.9. The van der Waals surface area contributed by atoms with Crippen LogP contribution in [0.1, 0.15) is 113 Å². The minimum Gasteiger partial charge on any atom is -0.462 e. The molecule has 0 spiro atoms. The molecule has 0 radical (unpaired) electrons. The molecule has 0 saturated heterocycles. The van der Waals surface area contributed by atoms with Crippen LogP contribution in [0.15, 0.2) is 24.4 Å². The van der Waals surface area contributed by atoms with Crippen molar-refractivity contribution in [2.24, 2.45) is 29.1 Å². The number of nitrogens with zero attached hydrogens (tertiary/aromatic N) is 1. The maximum absolute atomic E-state index is 13.2. The molecule has 1 N–H and O–H groups in total. The molecule has 4 aliphatic carbocycles. The summed E-state index contributed by atoms with van der Waals surface area (Å²) in [5.41, 5.74) is 2.57. The number of fused-ring (bicyclic) bond motifs is 5. The van der Waals surface area contributed by atoms with E-state index in [1.54, 1.807) is 6.20 Å². The third kappa shape index (κ3) is 6.54. The second-order valence-corrected chi connectivity index (χ2v) is 15.1. The van der Waals surface area contributed by atoms with Crippen molar-refractivity contribution in [2.45, 2.75) is 116 Å². The van der Waals surface area contributed by atoms with E-state index in [0.717, 1.165) is 49.8 Å². The lowest BCUT2D eigenvalue weighted by Gasteiger charge is -2.51. The average molecular weight is 607 g/mol. The van der Waals surface area contributed by atoms with Crippen LogP contribution in [0.2, 0.25) is 0 Å². The van der Waals surface area contributed by atoms with Gasteiger partial charge in [0.15, 0.2) is 5.13 Å². The van der Waals surface area contributed by atoms with Gasteiger partial charge in [0.05, 0.1) is 0 Å². The molecule has 6 unspecified atom stereocenters. The van der Waals surface area contributed by atoms with Crippen LogP contribution in [0, 0.1) is 36.0 Å². The Morgan fingerprint density at radius 3 is 2.65 bits per heavy atom. The van der Waals surface area contributed by atoms with Gasteiger partial charge in [-0.05, 0) is 105 Å². The first-order valence-corrected chi connectivity index (χ1v) is 17.2. The molecule has 43 heavy (non-hydrogen) atoms. The largest absolute Gasteiger partial charge is 0.462 e. The number of aryl methyl sites for hydroxylation is 2. The highest BCUT2D eigenvalue weighted by Gasteiger charge is 2.60. The van der Waals surface area contributed by atoms with E-state index in [4.69, 9.17) is 9.47 Å². The van der Waals surface area contributed by atoms with Crippen molar-refractivity contribution in [3.8, 4) is 5.75 Å². The lowest BCUT2D eigenvalue weighted by molar-refractivity contribution is -0.158. The molecule has 0 aliphatic heterocycles. The van der Waals surface area contributed by atoms with E-state index >= 15 is 0 Å². The summed E-state index contributed by atoms with van der Waals surface area (Å²) in [6.45, 7) is 5.79. The Morgan fingerprint density at radius 1 is 1.09 bits per heavy atom. The fourth-order valence-corrected chi connectivity index (χ4v) is 9.93. The van der Waals surface area contributed by atoms with Crippen LogP contribution < -0.4 is 10.1 Å². The molecule has 1 aromatic heterocycles. The van der Waals surface area contributed by atoms with Gasteiger partial charge in [0.1, 0.15) is 11.9 Å². The Hall–Kier alpha value is -2.74. The number of thiazole rings is 1. The minimum atomic E-state index is -0.297. The smallest absolute Gasteiger partial charge is 0.308 e. The topological polar surface area (TPSA) is 94.6 Å². The van der Waals surface area contributed by atoms with Gasteiger partial charge in [-0.25, -0.2) is 4.98 Å². The molecule has 232 valence electrons. The molecule has 1 aromatic carbocycles. The summed E-state index contributed by atoms with van der Waals surface area (Å²) in [7, 11) is 0. The van der Waals surface area contributed by atoms with Crippen molar-refractivity contribution in [3.05, 3.63) is 40.4 Å². The molecule has 3 fully saturated rings. The van der Waals surface area contributed by atoms with Crippen molar-refractivity contribution >= 4 is 34.3 Å². The van der Waals surface area contributed by atoms with E-state index in [2.05, 4.69) is 23.3 Å². The number of carbonyl (C=O) groups excluding carboxylic acids is 3. The zero-order valence-corrected chi connectivity index (χ0v) is 26.7. The number of aromatic nitrogens is 1. The molecule has 3 saturated carbocycles. The third-order valence-electron chi connectivity index (χ3n) is 11.1. The standard InChI is InChI=1S/C35H46N2O5S/c1-21-20-36-34(43-21)37-31(39)14-10-25-19-30(42-32(40)15-8-23-6-4-5-7-23)35(3)17-16-28-27-13-11-26(41-22(2)38)18-24(27)9-12-29(28)33(25)35/h11,13,18,20,23,25,28-30,33H,4-10,12,14-17,19H2,1-3H3,(H,36,37,39).